The van der Waals surface area contributed by atoms with Gasteiger partial charge in [0, 0.05) is 13.5 Å². The average molecular weight is 533 g/mol. The van der Waals surface area contributed by atoms with Crippen LogP contribution in [0.25, 0.3) is 0 Å². The van der Waals surface area contributed by atoms with Crippen molar-refractivity contribution in [2.24, 2.45) is 40.4 Å². The van der Waals surface area contributed by atoms with Crippen molar-refractivity contribution in [3.05, 3.63) is 11.6 Å². The molecule has 38 heavy (non-hydrogen) atoms. The second-order valence-electron chi connectivity index (χ2n) is 14.3. The Morgan fingerprint density at radius 3 is 2.47 bits per heavy atom. The van der Waals surface area contributed by atoms with E-state index in [0.717, 1.165) is 48.9 Å². The summed E-state index contributed by atoms with van der Waals surface area (Å²) in [6, 6.07) is 0. The molecular weight excluding hydrogens is 476 g/mol. The molecule has 0 aliphatic heterocycles. The van der Waals surface area contributed by atoms with Crippen LogP contribution in [0.2, 0.25) is 0 Å². The molecule has 0 bridgehead atoms. The molecule has 3 saturated carbocycles. The summed E-state index contributed by atoms with van der Waals surface area (Å²) in [5.41, 5.74) is 2.03. The van der Waals surface area contributed by atoms with Crippen LogP contribution in [-0.4, -0.2) is 40.8 Å². The van der Waals surface area contributed by atoms with Gasteiger partial charge in [-0.15, -0.1) is 0 Å². The zero-order chi connectivity index (χ0) is 28.4. The fourth-order valence-electron chi connectivity index (χ4n) is 9.12. The van der Waals surface area contributed by atoms with Crippen LogP contribution < -0.4 is 0 Å². The largest absolute Gasteiger partial charge is 0.481 e. The van der Waals surface area contributed by atoms with E-state index in [1.165, 1.54) is 51.4 Å². The molecule has 4 rings (SSSR count). The van der Waals surface area contributed by atoms with Crippen LogP contribution in [0, 0.1) is 40.4 Å². The van der Waals surface area contributed by atoms with Gasteiger partial charge in [-0.1, -0.05) is 39.3 Å². The Bertz CT molecular complexity index is 857. The van der Waals surface area contributed by atoms with Crippen molar-refractivity contribution >= 4 is 12.3 Å². The number of hydrogen-bond acceptors (Lipinski definition) is 4. The first-order valence-corrected chi connectivity index (χ1v) is 15.4. The van der Waals surface area contributed by atoms with Crippen molar-refractivity contribution in [2.45, 2.75) is 136 Å². The van der Waals surface area contributed by atoms with Gasteiger partial charge in [0.25, 0.3) is 0 Å². The van der Waals surface area contributed by atoms with E-state index in [1.54, 1.807) is 5.57 Å². The van der Waals surface area contributed by atoms with Gasteiger partial charge in [-0.3, -0.25) is 4.79 Å². The highest BCUT2D eigenvalue weighted by Gasteiger charge is 2.59. The summed E-state index contributed by atoms with van der Waals surface area (Å²) in [6.07, 6.45) is 16.9. The lowest BCUT2D eigenvalue weighted by molar-refractivity contribution is -0.137. The first-order chi connectivity index (χ1) is 17.7. The van der Waals surface area contributed by atoms with Gasteiger partial charge in [0.2, 0.25) is 0 Å². The Hall–Kier alpha value is -1.20. The predicted molar refractivity (Wildman–Crippen MR) is 153 cm³/mol. The maximum Gasteiger partial charge on any atom is 0.303 e. The highest BCUT2D eigenvalue weighted by Crippen LogP contribution is 2.67. The molecule has 0 radical (unpaired) electrons. The molecule has 5 heteroatoms. The normalized spacial score (nSPS) is 40.3. The molecule has 9 atom stereocenters. The number of hydrogen-bond donors (Lipinski definition) is 2. The molecule has 0 aromatic carbocycles. The molecule has 0 saturated heterocycles. The Balaban J connectivity index is 0.000000505. The van der Waals surface area contributed by atoms with Crippen molar-refractivity contribution in [3.8, 4) is 0 Å². The zero-order valence-corrected chi connectivity index (χ0v) is 25.4. The lowest BCUT2D eigenvalue weighted by atomic mass is 9.46. The van der Waals surface area contributed by atoms with Crippen LogP contribution in [0.1, 0.15) is 125 Å². The molecule has 2 N–H and O–H groups in total. The number of fused-ring (bicyclic) bond motifs is 5. The van der Waals surface area contributed by atoms with Crippen molar-refractivity contribution in [1.29, 1.82) is 0 Å². The number of carbonyl (C=O) groups is 2. The number of aldehydes is 1. The van der Waals surface area contributed by atoms with Gasteiger partial charge in [-0.05, 0) is 125 Å². The van der Waals surface area contributed by atoms with Crippen LogP contribution >= 0.6 is 0 Å². The molecule has 0 heterocycles. The van der Waals surface area contributed by atoms with E-state index >= 15 is 0 Å². The number of carbonyl (C=O) groups excluding carboxylic acids is 1. The molecule has 0 aromatic heterocycles. The fraction of sp³-hybridized carbons (Fsp3) is 0.879. The van der Waals surface area contributed by atoms with Crippen molar-refractivity contribution in [1.82, 2.24) is 0 Å². The van der Waals surface area contributed by atoms with Crippen LogP contribution in [-0.2, 0) is 14.3 Å². The van der Waals surface area contributed by atoms with Gasteiger partial charge in [0.05, 0.1) is 17.6 Å². The molecule has 218 valence electrons. The highest BCUT2D eigenvalue weighted by molar-refractivity contribution is 5.70. The van der Waals surface area contributed by atoms with Gasteiger partial charge in [0.15, 0.2) is 0 Å². The van der Waals surface area contributed by atoms with Crippen LogP contribution in [0.5, 0.6) is 0 Å². The predicted octanol–water partition coefficient (Wildman–Crippen LogP) is 7.60. The standard InChI is InChI=1S/C29H50O2.C4H6O3/c1-8-27(4,31-7)15-13-20(2)23-11-12-24-22-10-9-21-19-26(3,30)17-18-28(21,5)25(22)14-16-29(23,24)6;5-3-1-2-4(6)7/h9,20,22-25,30H,8,10-19H2,1-7H3;3H,1-2H2,(H,6,7)/t20-,22?,23?,24?,25?,26+,27+,28?,29?;/m1./s1. The minimum atomic E-state index is -0.924. The molecule has 0 spiro atoms. The number of rotatable bonds is 9. The fourth-order valence-corrected chi connectivity index (χ4v) is 9.12. The zero-order valence-electron chi connectivity index (χ0n) is 25.4. The molecule has 3 fully saturated rings. The first kappa shape index (κ1) is 31.3. The molecule has 0 aromatic rings. The van der Waals surface area contributed by atoms with Gasteiger partial charge >= 0.3 is 5.97 Å². The summed E-state index contributed by atoms with van der Waals surface area (Å²) in [5.74, 6) is 3.35. The van der Waals surface area contributed by atoms with Gasteiger partial charge in [-0.25, -0.2) is 0 Å². The van der Waals surface area contributed by atoms with Gasteiger partial charge in [0.1, 0.15) is 6.29 Å². The third-order valence-electron chi connectivity index (χ3n) is 12.0. The van der Waals surface area contributed by atoms with E-state index < -0.39 is 11.6 Å². The monoisotopic (exact) mass is 532 g/mol. The second-order valence-corrected chi connectivity index (χ2v) is 14.3. The molecule has 6 unspecified atom stereocenters. The minimum Gasteiger partial charge on any atom is -0.481 e. The smallest absolute Gasteiger partial charge is 0.303 e. The number of aliphatic hydroxyl groups is 1. The Labute approximate surface area is 232 Å². The number of carboxylic acid groups (broad SMARTS) is 1. The number of carboxylic acids is 1. The third kappa shape index (κ3) is 6.40. The summed E-state index contributed by atoms with van der Waals surface area (Å²) in [6.45, 7) is 14.4. The van der Waals surface area contributed by atoms with Crippen LogP contribution in [0.15, 0.2) is 11.6 Å². The van der Waals surface area contributed by atoms with Crippen molar-refractivity contribution in [2.75, 3.05) is 7.11 Å². The molecule has 4 aliphatic carbocycles. The number of aliphatic carboxylic acids is 1. The summed E-state index contributed by atoms with van der Waals surface area (Å²) in [4.78, 5) is 19.0. The van der Waals surface area contributed by atoms with Crippen LogP contribution in [0.3, 0.4) is 0 Å². The van der Waals surface area contributed by atoms with Crippen molar-refractivity contribution < 1.29 is 24.5 Å². The quantitative estimate of drug-likeness (QED) is 0.236. The van der Waals surface area contributed by atoms with E-state index in [0.29, 0.717) is 17.1 Å². The average Bonchev–Trinajstić information content (AvgIpc) is 3.24. The maximum absolute atomic E-state index is 10.7. The van der Waals surface area contributed by atoms with Gasteiger partial charge in [-0.2, -0.15) is 0 Å². The molecule has 4 aliphatic rings. The number of allylic oxidation sites excluding steroid dienone is 1. The Morgan fingerprint density at radius 2 is 1.89 bits per heavy atom. The maximum atomic E-state index is 10.7. The number of ether oxygens (including phenoxy) is 1. The van der Waals surface area contributed by atoms with E-state index in [-0.39, 0.29) is 18.4 Å². The molecule has 5 nitrogen and oxygen atoms in total. The van der Waals surface area contributed by atoms with E-state index in [4.69, 9.17) is 9.84 Å². The van der Waals surface area contributed by atoms with E-state index in [1.807, 2.05) is 14.0 Å². The molecule has 0 amide bonds. The summed E-state index contributed by atoms with van der Waals surface area (Å²) in [7, 11) is 1.89. The minimum absolute atomic E-state index is 0.0478. The molecular formula is C33H56O5. The lowest BCUT2D eigenvalue weighted by Gasteiger charge is -2.59. The van der Waals surface area contributed by atoms with E-state index in [9.17, 15) is 14.7 Å². The topological polar surface area (TPSA) is 83.8 Å². The second kappa shape index (κ2) is 12.1. The lowest BCUT2D eigenvalue weighted by Crippen LogP contribution is -2.52. The summed E-state index contributed by atoms with van der Waals surface area (Å²) in [5, 5.41) is 18.6. The highest BCUT2D eigenvalue weighted by atomic mass is 16.5. The summed E-state index contributed by atoms with van der Waals surface area (Å²) >= 11 is 0. The summed E-state index contributed by atoms with van der Waals surface area (Å²) < 4.78 is 5.85. The number of methoxy groups -OCH3 is 1. The van der Waals surface area contributed by atoms with E-state index in [2.05, 4.69) is 40.7 Å². The third-order valence-corrected chi connectivity index (χ3v) is 12.0. The van der Waals surface area contributed by atoms with Crippen molar-refractivity contribution in [3.63, 3.8) is 0 Å². The van der Waals surface area contributed by atoms with Gasteiger partial charge < -0.3 is 19.7 Å². The Kier molecular flexibility index (Phi) is 10.00. The SMILES string of the molecule is CC[C@@](C)(CC[C@@H](C)C1CCC2C3CC=C4C[C@@](C)(O)CCC4(C)C3CCC21C)OC.O=CCCC(=O)O. The first-order valence-electron chi connectivity index (χ1n) is 15.4. The Morgan fingerprint density at radius 1 is 1.18 bits per heavy atom. The van der Waals surface area contributed by atoms with Crippen LogP contribution in [0.4, 0.5) is 0 Å².